The van der Waals surface area contributed by atoms with E-state index in [-0.39, 0.29) is 5.91 Å². The molecule has 5 heteroatoms. The van der Waals surface area contributed by atoms with Crippen LogP contribution in [0.3, 0.4) is 0 Å². The van der Waals surface area contributed by atoms with Gasteiger partial charge in [-0.05, 0) is 20.3 Å². The molecule has 0 aliphatic rings. The topological polar surface area (TPSA) is 64.2 Å². The first-order chi connectivity index (χ1) is 8.42. The van der Waals surface area contributed by atoms with Gasteiger partial charge in [0, 0.05) is 20.1 Å². The number of nitrogen functional groups attached to an aromatic ring is 1. The van der Waals surface area contributed by atoms with E-state index in [0.717, 1.165) is 17.7 Å². The third-order valence-corrected chi connectivity index (χ3v) is 2.83. The third-order valence-electron chi connectivity index (χ3n) is 2.83. The zero-order valence-corrected chi connectivity index (χ0v) is 11.7. The first-order valence-corrected chi connectivity index (χ1v) is 6.17. The van der Waals surface area contributed by atoms with E-state index in [2.05, 4.69) is 11.7 Å². The first-order valence-electron chi connectivity index (χ1n) is 6.17. The molecule has 18 heavy (non-hydrogen) atoms. The Hall–Kier alpha value is -1.78. The maximum atomic E-state index is 12.4. The minimum atomic E-state index is -0.0901. The second-order valence-corrected chi connectivity index (χ2v) is 4.46. The van der Waals surface area contributed by atoms with Gasteiger partial charge in [-0.1, -0.05) is 19.1 Å². The Morgan fingerprint density at radius 3 is 2.50 bits per heavy atom. The second kappa shape index (κ2) is 5.71. The third kappa shape index (κ3) is 2.72. The predicted octanol–water partition coefficient (Wildman–Crippen LogP) is 1.60. The molecule has 1 aromatic rings. The van der Waals surface area contributed by atoms with E-state index >= 15 is 0 Å². The quantitative estimate of drug-likeness (QED) is 0.807. The van der Waals surface area contributed by atoms with Crippen molar-refractivity contribution in [2.45, 2.75) is 27.2 Å². The summed E-state index contributed by atoms with van der Waals surface area (Å²) in [7, 11) is 1.75. The maximum absolute atomic E-state index is 12.4. The number of aromatic nitrogens is 2. The van der Waals surface area contributed by atoms with Crippen LogP contribution in [0.25, 0.3) is 0 Å². The Morgan fingerprint density at radius 2 is 2.11 bits per heavy atom. The van der Waals surface area contributed by atoms with Gasteiger partial charge in [0.25, 0.3) is 5.91 Å². The molecule has 0 aromatic carbocycles. The van der Waals surface area contributed by atoms with Crippen molar-refractivity contribution >= 4 is 11.6 Å². The van der Waals surface area contributed by atoms with Gasteiger partial charge in [0.05, 0.1) is 11.4 Å². The number of hydrogen-bond acceptors (Lipinski definition) is 3. The molecule has 100 valence electrons. The van der Waals surface area contributed by atoms with Crippen molar-refractivity contribution in [3.63, 3.8) is 0 Å². The van der Waals surface area contributed by atoms with Crippen molar-refractivity contribution in [1.29, 1.82) is 0 Å². The van der Waals surface area contributed by atoms with Crippen LogP contribution in [0.15, 0.2) is 12.2 Å². The van der Waals surface area contributed by atoms with E-state index in [4.69, 9.17) is 5.73 Å². The molecule has 0 atom stereocenters. The molecule has 1 rings (SSSR count). The molecule has 0 bridgehead atoms. The van der Waals surface area contributed by atoms with E-state index in [1.807, 2.05) is 20.8 Å². The summed E-state index contributed by atoms with van der Waals surface area (Å²) >= 11 is 0. The molecule has 2 N–H and O–H groups in total. The molecule has 0 saturated carbocycles. The largest absolute Gasteiger partial charge is 0.395 e. The molecular weight excluding hydrogens is 228 g/mol. The lowest BCUT2D eigenvalue weighted by atomic mass is 10.2. The van der Waals surface area contributed by atoms with Crippen LogP contribution in [-0.4, -0.2) is 33.7 Å². The molecular formula is C13H22N4O. The number of nitrogens with two attached hydrogens (primary N) is 1. The van der Waals surface area contributed by atoms with Crippen molar-refractivity contribution in [3.8, 4) is 0 Å². The molecule has 0 unspecified atom stereocenters. The highest BCUT2D eigenvalue weighted by Crippen LogP contribution is 2.19. The number of nitrogens with zero attached hydrogens (tertiary/aromatic N) is 3. The standard InChI is InChI=1S/C13H22N4O/c1-6-10-11(14)12(16(5)15-10)13(18)17(7-2)8-9(3)4/h3,6-8,14H2,1-2,4-5H3. The highest BCUT2D eigenvalue weighted by molar-refractivity contribution is 5.98. The average molecular weight is 250 g/mol. The van der Waals surface area contributed by atoms with Gasteiger partial charge in [-0.2, -0.15) is 5.10 Å². The van der Waals surface area contributed by atoms with Crippen LogP contribution in [0, 0.1) is 0 Å². The van der Waals surface area contributed by atoms with Crippen molar-refractivity contribution in [1.82, 2.24) is 14.7 Å². The van der Waals surface area contributed by atoms with E-state index < -0.39 is 0 Å². The van der Waals surface area contributed by atoms with Gasteiger partial charge in [-0.25, -0.2) is 0 Å². The molecule has 0 radical (unpaired) electrons. The Morgan fingerprint density at radius 1 is 1.50 bits per heavy atom. The molecule has 0 fully saturated rings. The van der Waals surface area contributed by atoms with Crippen LogP contribution in [0.2, 0.25) is 0 Å². The summed E-state index contributed by atoms with van der Waals surface area (Å²) in [6.45, 7) is 10.8. The van der Waals surface area contributed by atoms with Gasteiger partial charge in [-0.15, -0.1) is 0 Å². The molecule has 1 aromatic heterocycles. The summed E-state index contributed by atoms with van der Waals surface area (Å²) in [6.07, 6.45) is 0.722. The number of amides is 1. The van der Waals surface area contributed by atoms with Crippen LogP contribution in [0.4, 0.5) is 5.69 Å². The molecule has 0 spiro atoms. The van der Waals surface area contributed by atoms with Gasteiger partial charge in [0.2, 0.25) is 0 Å². The fourth-order valence-electron chi connectivity index (χ4n) is 1.91. The summed E-state index contributed by atoms with van der Waals surface area (Å²) in [5, 5.41) is 4.27. The first kappa shape index (κ1) is 14.3. The lowest BCUT2D eigenvalue weighted by molar-refractivity contribution is 0.0768. The lowest BCUT2D eigenvalue weighted by Crippen LogP contribution is -2.34. The minimum absolute atomic E-state index is 0.0901. The summed E-state index contributed by atoms with van der Waals surface area (Å²) in [6, 6.07) is 0. The Labute approximate surface area is 108 Å². The molecule has 1 heterocycles. The molecule has 5 nitrogen and oxygen atoms in total. The van der Waals surface area contributed by atoms with Gasteiger partial charge in [0.15, 0.2) is 0 Å². The number of anilines is 1. The number of likely N-dealkylation sites (N-methyl/N-ethyl adjacent to an activating group) is 1. The summed E-state index contributed by atoms with van der Waals surface area (Å²) < 4.78 is 1.57. The normalized spacial score (nSPS) is 10.4. The van der Waals surface area contributed by atoms with Crippen molar-refractivity contribution in [2.24, 2.45) is 7.05 Å². The smallest absolute Gasteiger partial charge is 0.274 e. The van der Waals surface area contributed by atoms with Gasteiger partial charge in [-0.3, -0.25) is 9.48 Å². The van der Waals surface area contributed by atoms with E-state index in [1.165, 1.54) is 0 Å². The fourth-order valence-corrected chi connectivity index (χ4v) is 1.91. The SMILES string of the molecule is C=C(C)CN(CC)C(=O)c1c(N)c(CC)nn1C. The van der Waals surface area contributed by atoms with Crippen LogP contribution in [0.1, 0.15) is 37.0 Å². The molecule has 0 saturated heterocycles. The predicted molar refractivity (Wildman–Crippen MR) is 73.4 cm³/mol. The van der Waals surface area contributed by atoms with Crippen LogP contribution in [0.5, 0.6) is 0 Å². The van der Waals surface area contributed by atoms with Crippen molar-refractivity contribution < 1.29 is 4.79 Å². The van der Waals surface area contributed by atoms with E-state index in [9.17, 15) is 4.79 Å². The number of carbonyl (C=O) groups excluding carboxylic acids is 1. The van der Waals surface area contributed by atoms with Gasteiger partial charge >= 0.3 is 0 Å². The van der Waals surface area contributed by atoms with Crippen molar-refractivity contribution in [3.05, 3.63) is 23.5 Å². The monoisotopic (exact) mass is 250 g/mol. The second-order valence-electron chi connectivity index (χ2n) is 4.46. The molecule has 0 aliphatic heterocycles. The number of hydrogen-bond donors (Lipinski definition) is 1. The zero-order chi connectivity index (χ0) is 13.9. The Kier molecular flexibility index (Phi) is 4.53. The number of carbonyl (C=O) groups is 1. The van der Waals surface area contributed by atoms with Gasteiger partial charge in [0.1, 0.15) is 5.69 Å². The zero-order valence-electron chi connectivity index (χ0n) is 11.7. The molecule has 1 amide bonds. The van der Waals surface area contributed by atoms with Gasteiger partial charge < -0.3 is 10.6 Å². The van der Waals surface area contributed by atoms with Crippen LogP contribution in [-0.2, 0) is 13.5 Å². The van der Waals surface area contributed by atoms with Crippen molar-refractivity contribution in [2.75, 3.05) is 18.8 Å². The highest BCUT2D eigenvalue weighted by atomic mass is 16.2. The summed E-state index contributed by atoms with van der Waals surface area (Å²) in [5.41, 5.74) is 8.66. The average Bonchev–Trinajstić information content (AvgIpc) is 2.60. The fraction of sp³-hybridized carbons (Fsp3) is 0.538. The summed E-state index contributed by atoms with van der Waals surface area (Å²) in [4.78, 5) is 14.1. The number of rotatable bonds is 5. The Balaban J connectivity index is 3.09. The Bertz CT molecular complexity index is 462. The highest BCUT2D eigenvalue weighted by Gasteiger charge is 2.23. The lowest BCUT2D eigenvalue weighted by Gasteiger charge is -2.21. The number of aryl methyl sites for hydroxylation is 2. The molecule has 0 aliphatic carbocycles. The van der Waals surface area contributed by atoms with E-state index in [1.54, 1.807) is 16.6 Å². The van der Waals surface area contributed by atoms with Crippen LogP contribution < -0.4 is 5.73 Å². The minimum Gasteiger partial charge on any atom is -0.395 e. The van der Waals surface area contributed by atoms with E-state index in [0.29, 0.717) is 24.5 Å². The van der Waals surface area contributed by atoms with Crippen LogP contribution >= 0.6 is 0 Å². The summed E-state index contributed by atoms with van der Waals surface area (Å²) in [5.74, 6) is -0.0901. The maximum Gasteiger partial charge on any atom is 0.274 e.